The van der Waals surface area contributed by atoms with Crippen molar-refractivity contribution in [2.24, 2.45) is 0 Å². The number of aromatic nitrogens is 2. The van der Waals surface area contributed by atoms with Crippen LogP contribution in [0.1, 0.15) is 50.0 Å². The minimum Gasteiger partial charge on any atom is -0.352 e. The van der Waals surface area contributed by atoms with Gasteiger partial charge < -0.3 is 14.7 Å². The minimum absolute atomic E-state index is 0.0179. The van der Waals surface area contributed by atoms with E-state index in [1.165, 1.54) is 0 Å². The first-order chi connectivity index (χ1) is 13.6. The van der Waals surface area contributed by atoms with Crippen LogP contribution >= 0.6 is 0 Å². The first kappa shape index (κ1) is 18.7. The number of carbonyl (C=O) groups is 2. The molecule has 1 N–H and O–H groups in total. The van der Waals surface area contributed by atoms with Gasteiger partial charge in [0.2, 0.25) is 23.5 Å². The monoisotopic (exact) mass is 382 g/mol. The molecule has 0 atom stereocenters. The molecule has 2 aliphatic rings. The quantitative estimate of drug-likeness (QED) is 0.859. The molecule has 0 radical (unpaired) electrons. The standard InChI is InChI=1S/C21H26N4O3/c1-15-7-2-3-8-16(15)19-23-17(28-24-19)9-6-10-18(26)25-14-13-22-20(27)21(25)11-4-5-12-21/h2-3,7-8H,4-6,9-14H2,1H3,(H,22,27). The highest BCUT2D eigenvalue weighted by molar-refractivity contribution is 5.92. The number of carbonyl (C=O) groups excluding carboxylic acids is 2. The van der Waals surface area contributed by atoms with Crippen LogP contribution in [0.2, 0.25) is 0 Å². The summed E-state index contributed by atoms with van der Waals surface area (Å²) >= 11 is 0. The Morgan fingerprint density at radius 1 is 1.29 bits per heavy atom. The third kappa shape index (κ3) is 3.41. The van der Waals surface area contributed by atoms with Gasteiger partial charge in [0.25, 0.3) is 0 Å². The summed E-state index contributed by atoms with van der Waals surface area (Å²) in [5.41, 5.74) is 1.43. The van der Waals surface area contributed by atoms with Crippen LogP contribution in [-0.4, -0.2) is 45.5 Å². The molecule has 2 aromatic rings. The van der Waals surface area contributed by atoms with Gasteiger partial charge >= 0.3 is 0 Å². The zero-order valence-corrected chi connectivity index (χ0v) is 16.2. The van der Waals surface area contributed by atoms with Gasteiger partial charge in [0.05, 0.1) is 0 Å². The van der Waals surface area contributed by atoms with Gasteiger partial charge in [-0.15, -0.1) is 0 Å². The van der Waals surface area contributed by atoms with Gasteiger partial charge in [-0.2, -0.15) is 4.98 Å². The third-order valence-corrected chi connectivity index (χ3v) is 5.93. The lowest BCUT2D eigenvalue weighted by molar-refractivity contribution is -0.151. The van der Waals surface area contributed by atoms with Gasteiger partial charge in [-0.05, 0) is 31.7 Å². The molecule has 2 amide bonds. The molecule has 1 aliphatic heterocycles. The highest BCUT2D eigenvalue weighted by Crippen LogP contribution is 2.37. The van der Waals surface area contributed by atoms with Crippen molar-refractivity contribution in [2.75, 3.05) is 13.1 Å². The summed E-state index contributed by atoms with van der Waals surface area (Å²) in [6.07, 6.45) is 5.11. The molecule has 4 rings (SSSR count). The maximum Gasteiger partial charge on any atom is 0.246 e. The lowest BCUT2D eigenvalue weighted by Gasteiger charge is -2.43. The Labute approximate surface area is 164 Å². The van der Waals surface area contributed by atoms with Crippen LogP contribution in [0, 0.1) is 6.92 Å². The van der Waals surface area contributed by atoms with Crippen LogP contribution in [0.25, 0.3) is 11.4 Å². The Kier molecular flexibility index (Phi) is 5.15. The van der Waals surface area contributed by atoms with Crippen LogP contribution < -0.4 is 5.32 Å². The van der Waals surface area contributed by atoms with Crippen LogP contribution in [0.3, 0.4) is 0 Å². The Morgan fingerprint density at radius 3 is 2.86 bits per heavy atom. The molecule has 148 valence electrons. The van der Waals surface area contributed by atoms with Gasteiger partial charge in [0, 0.05) is 31.5 Å². The van der Waals surface area contributed by atoms with Gasteiger partial charge in [-0.1, -0.05) is 42.3 Å². The number of nitrogens with one attached hydrogen (secondary N) is 1. The van der Waals surface area contributed by atoms with Gasteiger partial charge in [0.15, 0.2) is 0 Å². The number of nitrogens with zero attached hydrogens (tertiary/aromatic N) is 3. The highest BCUT2D eigenvalue weighted by atomic mass is 16.5. The molecular formula is C21H26N4O3. The second kappa shape index (κ2) is 7.73. The third-order valence-electron chi connectivity index (χ3n) is 5.93. The summed E-state index contributed by atoms with van der Waals surface area (Å²) in [5.74, 6) is 1.19. The maximum absolute atomic E-state index is 12.8. The summed E-state index contributed by atoms with van der Waals surface area (Å²) in [6, 6.07) is 7.90. The number of benzene rings is 1. The highest BCUT2D eigenvalue weighted by Gasteiger charge is 2.49. The first-order valence-corrected chi connectivity index (χ1v) is 10.1. The molecule has 1 saturated heterocycles. The molecule has 1 spiro atoms. The summed E-state index contributed by atoms with van der Waals surface area (Å²) in [4.78, 5) is 31.6. The topological polar surface area (TPSA) is 88.3 Å². The summed E-state index contributed by atoms with van der Waals surface area (Å²) in [5, 5.41) is 7.01. The first-order valence-electron chi connectivity index (χ1n) is 10.1. The largest absolute Gasteiger partial charge is 0.352 e. The number of piperazine rings is 1. The van der Waals surface area contributed by atoms with Gasteiger partial charge in [-0.3, -0.25) is 9.59 Å². The van der Waals surface area contributed by atoms with Crippen LogP contribution in [0.5, 0.6) is 0 Å². The lowest BCUT2D eigenvalue weighted by Crippen LogP contribution is -2.65. The van der Waals surface area contributed by atoms with Crippen molar-refractivity contribution >= 4 is 11.8 Å². The second-order valence-corrected chi connectivity index (χ2v) is 7.72. The average Bonchev–Trinajstić information content (AvgIpc) is 3.35. The van der Waals surface area contributed by atoms with E-state index in [1.807, 2.05) is 36.1 Å². The van der Waals surface area contributed by atoms with Gasteiger partial charge in [-0.25, -0.2) is 0 Å². The normalized spacial score (nSPS) is 18.5. The minimum atomic E-state index is -0.613. The predicted molar refractivity (Wildman–Crippen MR) is 103 cm³/mol. The molecule has 1 aromatic carbocycles. The van der Waals surface area contributed by atoms with Crippen molar-refractivity contribution in [2.45, 2.75) is 57.4 Å². The molecule has 1 aliphatic carbocycles. The van der Waals surface area contributed by atoms with Crippen molar-refractivity contribution < 1.29 is 14.1 Å². The molecule has 1 saturated carbocycles. The van der Waals surface area contributed by atoms with E-state index in [0.717, 1.165) is 36.8 Å². The fraction of sp³-hybridized carbons (Fsp3) is 0.524. The number of amides is 2. The second-order valence-electron chi connectivity index (χ2n) is 7.72. The van der Waals surface area contributed by atoms with E-state index in [0.29, 0.717) is 44.1 Å². The van der Waals surface area contributed by atoms with Gasteiger partial charge in [0.1, 0.15) is 5.54 Å². The number of hydrogen-bond donors (Lipinski definition) is 1. The maximum atomic E-state index is 12.8. The predicted octanol–water partition coefficient (Wildman–Crippen LogP) is 2.64. The van der Waals surface area contributed by atoms with Crippen molar-refractivity contribution in [1.82, 2.24) is 20.4 Å². The molecule has 28 heavy (non-hydrogen) atoms. The van der Waals surface area contributed by atoms with Crippen molar-refractivity contribution in [3.8, 4) is 11.4 Å². The molecule has 7 heteroatoms. The molecule has 0 bridgehead atoms. The SMILES string of the molecule is Cc1ccccc1-c1noc(CCCC(=O)N2CCNC(=O)C23CCCC3)n1. The zero-order valence-electron chi connectivity index (χ0n) is 16.2. The molecule has 0 unspecified atom stereocenters. The number of aryl methyl sites for hydroxylation is 2. The number of rotatable bonds is 5. The van der Waals surface area contributed by atoms with Crippen LogP contribution in [-0.2, 0) is 16.0 Å². The fourth-order valence-corrected chi connectivity index (χ4v) is 4.42. The summed E-state index contributed by atoms with van der Waals surface area (Å²) in [7, 11) is 0. The number of hydrogen-bond acceptors (Lipinski definition) is 5. The summed E-state index contributed by atoms with van der Waals surface area (Å²) < 4.78 is 5.36. The van der Waals surface area contributed by atoms with E-state index >= 15 is 0 Å². The lowest BCUT2D eigenvalue weighted by atomic mass is 9.91. The van der Waals surface area contributed by atoms with Crippen molar-refractivity contribution in [3.05, 3.63) is 35.7 Å². The molecule has 2 fully saturated rings. The van der Waals surface area contributed by atoms with E-state index in [4.69, 9.17) is 4.52 Å². The fourth-order valence-electron chi connectivity index (χ4n) is 4.42. The Morgan fingerprint density at radius 2 is 2.07 bits per heavy atom. The Bertz CT molecular complexity index is 870. The van der Waals surface area contributed by atoms with E-state index in [2.05, 4.69) is 15.5 Å². The average molecular weight is 382 g/mol. The molecule has 2 heterocycles. The summed E-state index contributed by atoms with van der Waals surface area (Å²) in [6.45, 7) is 3.15. The molecule has 7 nitrogen and oxygen atoms in total. The Balaban J connectivity index is 1.36. The van der Waals surface area contributed by atoms with E-state index in [-0.39, 0.29) is 11.8 Å². The zero-order chi connectivity index (χ0) is 19.6. The molecule has 1 aromatic heterocycles. The molecular weight excluding hydrogens is 356 g/mol. The van der Waals surface area contributed by atoms with Crippen LogP contribution in [0.4, 0.5) is 0 Å². The smallest absolute Gasteiger partial charge is 0.246 e. The van der Waals surface area contributed by atoms with Crippen molar-refractivity contribution in [1.29, 1.82) is 0 Å². The van der Waals surface area contributed by atoms with Crippen molar-refractivity contribution in [3.63, 3.8) is 0 Å². The Hall–Kier alpha value is -2.70. The van der Waals surface area contributed by atoms with E-state index < -0.39 is 5.54 Å². The van der Waals surface area contributed by atoms with E-state index in [1.54, 1.807) is 0 Å². The van der Waals surface area contributed by atoms with Crippen LogP contribution in [0.15, 0.2) is 28.8 Å². The van der Waals surface area contributed by atoms with E-state index in [9.17, 15) is 9.59 Å².